The number of halogens is 2. The van der Waals surface area contributed by atoms with E-state index in [9.17, 15) is 9.59 Å². The number of aliphatic carboxylic acids is 1. The van der Waals surface area contributed by atoms with Crippen molar-refractivity contribution in [1.82, 2.24) is 5.32 Å². The smallest absolute Gasteiger partial charge is 0.330 e. The van der Waals surface area contributed by atoms with Crippen LogP contribution in [-0.2, 0) is 9.59 Å². The number of hydrogen-bond acceptors (Lipinski definition) is 2. The molecule has 2 N–H and O–H groups in total. The highest BCUT2D eigenvalue weighted by Crippen LogP contribution is 2.26. The normalized spacial score (nSPS) is 11.9. The zero-order valence-corrected chi connectivity index (χ0v) is 9.75. The minimum Gasteiger partial charge on any atom is -0.479 e. The summed E-state index contributed by atoms with van der Waals surface area (Å²) >= 11 is 8.89. The number of rotatable bonds is 4. The fourth-order valence-corrected chi connectivity index (χ4v) is 2.01. The first kappa shape index (κ1) is 12.0. The summed E-state index contributed by atoms with van der Waals surface area (Å²) in [6, 6.07) is 3.60. The third-order valence-corrected chi connectivity index (χ3v) is 2.68. The summed E-state index contributed by atoms with van der Waals surface area (Å²) in [5, 5.41) is 11.6. The molecule has 1 atom stereocenters. The predicted octanol–water partition coefficient (Wildman–Crippen LogP) is 1.97. The van der Waals surface area contributed by atoms with Gasteiger partial charge >= 0.3 is 5.97 Å². The fourth-order valence-electron chi connectivity index (χ4n) is 1.10. The average molecular weight is 293 g/mol. The van der Waals surface area contributed by atoms with E-state index in [-0.39, 0.29) is 0 Å². The van der Waals surface area contributed by atoms with Crippen molar-refractivity contribution in [2.75, 3.05) is 0 Å². The second kappa shape index (κ2) is 5.14. The largest absolute Gasteiger partial charge is 0.479 e. The van der Waals surface area contributed by atoms with Crippen LogP contribution in [0.4, 0.5) is 0 Å². The van der Waals surface area contributed by atoms with Gasteiger partial charge in [0.05, 0.1) is 0 Å². The van der Waals surface area contributed by atoms with Crippen molar-refractivity contribution >= 4 is 39.9 Å². The van der Waals surface area contributed by atoms with E-state index in [1.165, 1.54) is 0 Å². The SMILES string of the molecule is O=CNC(C(=O)O)c1ccc(Cl)cc1Br. The molecule has 0 bridgehead atoms. The Hall–Kier alpha value is -1.07. The molecule has 4 nitrogen and oxygen atoms in total. The molecule has 15 heavy (non-hydrogen) atoms. The molecule has 1 aromatic rings. The van der Waals surface area contributed by atoms with Gasteiger partial charge in [0.15, 0.2) is 6.04 Å². The molecule has 1 aromatic carbocycles. The van der Waals surface area contributed by atoms with Crippen LogP contribution in [0.15, 0.2) is 22.7 Å². The number of benzene rings is 1. The number of amides is 1. The van der Waals surface area contributed by atoms with Crippen LogP contribution in [0.3, 0.4) is 0 Å². The molecular weight excluding hydrogens is 285 g/mol. The van der Waals surface area contributed by atoms with Gasteiger partial charge in [0.25, 0.3) is 0 Å². The van der Waals surface area contributed by atoms with Crippen LogP contribution >= 0.6 is 27.5 Å². The molecule has 0 aromatic heterocycles. The highest BCUT2D eigenvalue weighted by Gasteiger charge is 2.21. The summed E-state index contributed by atoms with van der Waals surface area (Å²) in [5.74, 6) is -1.13. The van der Waals surface area contributed by atoms with Crippen molar-refractivity contribution in [3.8, 4) is 0 Å². The monoisotopic (exact) mass is 291 g/mol. The lowest BCUT2D eigenvalue weighted by Gasteiger charge is -2.13. The quantitative estimate of drug-likeness (QED) is 0.834. The second-order valence-electron chi connectivity index (χ2n) is 2.72. The first-order chi connectivity index (χ1) is 7.06. The van der Waals surface area contributed by atoms with Gasteiger partial charge in [-0.15, -0.1) is 0 Å². The number of carboxylic acid groups (broad SMARTS) is 1. The molecule has 0 fully saturated rings. The zero-order chi connectivity index (χ0) is 11.4. The van der Waals surface area contributed by atoms with E-state index in [4.69, 9.17) is 16.7 Å². The van der Waals surface area contributed by atoms with Crippen molar-refractivity contribution < 1.29 is 14.7 Å². The summed E-state index contributed by atoms with van der Waals surface area (Å²) < 4.78 is 0.539. The van der Waals surface area contributed by atoms with Crippen molar-refractivity contribution in [2.24, 2.45) is 0 Å². The van der Waals surface area contributed by atoms with E-state index in [1.807, 2.05) is 0 Å². The predicted molar refractivity (Wildman–Crippen MR) is 58.7 cm³/mol. The fraction of sp³-hybridized carbons (Fsp3) is 0.111. The Kier molecular flexibility index (Phi) is 4.11. The van der Waals surface area contributed by atoms with Gasteiger partial charge in [0.1, 0.15) is 0 Å². The second-order valence-corrected chi connectivity index (χ2v) is 4.01. The standard InChI is InChI=1S/C9H7BrClNO3/c10-7-3-5(11)1-2-6(7)8(9(14)15)12-4-13/h1-4,8H,(H,12,13)(H,14,15). The highest BCUT2D eigenvalue weighted by molar-refractivity contribution is 9.10. The number of hydrogen-bond donors (Lipinski definition) is 2. The Morgan fingerprint density at radius 2 is 2.27 bits per heavy atom. The molecule has 0 aliphatic carbocycles. The molecule has 0 aliphatic heterocycles. The number of carbonyl (C=O) groups is 2. The van der Waals surface area contributed by atoms with Gasteiger partial charge < -0.3 is 10.4 Å². The van der Waals surface area contributed by atoms with Crippen LogP contribution in [0.5, 0.6) is 0 Å². The van der Waals surface area contributed by atoms with E-state index in [0.717, 1.165) is 0 Å². The molecular formula is C9H7BrClNO3. The maximum Gasteiger partial charge on any atom is 0.330 e. The molecule has 0 saturated heterocycles. The first-order valence-electron chi connectivity index (χ1n) is 3.93. The summed E-state index contributed by atoms with van der Waals surface area (Å²) in [5.41, 5.74) is 0.444. The molecule has 1 rings (SSSR count). The van der Waals surface area contributed by atoms with Crippen LogP contribution in [-0.4, -0.2) is 17.5 Å². The molecule has 0 spiro atoms. The lowest BCUT2D eigenvalue weighted by atomic mass is 10.1. The maximum absolute atomic E-state index is 10.9. The molecule has 80 valence electrons. The Labute approximate surface area is 99.4 Å². The third kappa shape index (κ3) is 2.94. The number of carboxylic acids is 1. The average Bonchev–Trinajstić information content (AvgIpc) is 2.15. The molecule has 0 saturated carbocycles. The summed E-state index contributed by atoms with van der Waals surface area (Å²) in [7, 11) is 0. The van der Waals surface area contributed by atoms with Gasteiger partial charge in [-0.1, -0.05) is 33.6 Å². The first-order valence-corrected chi connectivity index (χ1v) is 5.11. The van der Waals surface area contributed by atoms with Gasteiger partial charge in [-0.25, -0.2) is 4.79 Å². The maximum atomic E-state index is 10.9. The van der Waals surface area contributed by atoms with Crippen molar-refractivity contribution in [3.63, 3.8) is 0 Å². The van der Waals surface area contributed by atoms with Crippen LogP contribution in [0.25, 0.3) is 0 Å². The molecule has 0 heterocycles. The lowest BCUT2D eigenvalue weighted by Crippen LogP contribution is -2.27. The zero-order valence-electron chi connectivity index (χ0n) is 7.41. The topological polar surface area (TPSA) is 66.4 Å². The number of carbonyl (C=O) groups excluding carboxylic acids is 1. The lowest BCUT2D eigenvalue weighted by molar-refractivity contribution is -0.140. The van der Waals surface area contributed by atoms with Crippen molar-refractivity contribution in [2.45, 2.75) is 6.04 Å². The minimum atomic E-state index is -1.13. The Morgan fingerprint density at radius 1 is 1.60 bits per heavy atom. The van der Waals surface area contributed by atoms with Gasteiger partial charge in [0.2, 0.25) is 6.41 Å². The highest BCUT2D eigenvalue weighted by atomic mass is 79.9. The van der Waals surface area contributed by atoms with Gasteiger partial charge in [-0.05, 0) is 17.7 Å². The number of nitrogens with one attached hydrogen (secondary N) is 1. The summed E-state index contributed by atoms with van der Waals surface area (Å²) in [4.78, 5) is 21.1. The molecule has 1 amide bonds. The van der Waals surface area contributed by atoms with Crippen LogP contribution < -0.4 is 5.32 Å². The summed E-state index contributed by atoms with van der Waals surface area (Å²) in [6.45, 7) is 0. The van der Waals surface area contributed by atoms with Gasteiger partial charge in [0, 0.05) is 9.50 Å². The minimum absolute atomic E-state index is 0.347. The molecule has 0 aliphatic rings. The van der Waals surface area contributed by atoms with Crippen molar-refractivity contribution in [1.29, 1.82) is 0 Å². The molecule has 6 heteroatoms. The summed E-state index contributed by atoms with van der Waals surface area (Å²) in [6.07, 6.45) is 0.347. The van der Waals surface area contributed by atoms with E-state index < -0.39 is 12.0 Å². The van der Waals surface area contributed by atoms with Crippen molar-refractivity contribution in [3.05, 3.63) is 33.3 Å². The van der Waals surface area contributed by atoms with Crippen LogP contribution in [0.2, 0.25) is 5.02 Å². The Balaban J connectivity index is 3.10. The van der Waals surface area contributed by atoms with Gasteiger partial charge in [-0.3, -0.25) is 4.79 Å². The van der Waals surface area contributed by atoms with Crippen LogP contribution in [0.1, 0.15) is 11.6 Å². The van der Waals surface area contributed by atoms with E-state index in [0.29, 0.717) is 21.5 Å². The van der Waals surface area contributed by atoms with Crippen LogP contribution in [0, 0.1) is 0 Å². The molecule has 1 unspecified atom stereocenters. The molecule has 0 radical (unpaired) electrons. The third-order valence-electron chi connectivity index (χ3n) is 1.76. The Morgan fingerprint density at radius 3 is 2.73 bits per heavy atom. The van der Waals surface area contributed by atoms with E-state index >= 15 is 0 Å². The Bertz CT molecular complexity index is 397. The van der Waals surface area contributed by atoms with Gasteiger partial charge in [-0.2, -0.15) is 0 Å². The van der Waals surface area contributed by atoms with E-state index in [1.54, 1.807) is 18.2 Å². The van der Waals surface area contributed by atoms with E-state index in [2.05, 4.69) is 21.2 Å².